The number of fused-ring (bicyclic) bond motifs is 13. The summed E-state index contributed by atoms with van der Waals surface area (Å²) in [6.45, 7) is 47.4. The van der Waals surface area contributed by atoms with E-state index in [1.54, 1.807) is 0 Å². The summed E-state index contributed by atoms with van der Waals surface area (Å²) >= 11 is 0. The summed E-state index contributed by atoms with van der Waals surface area (Å²) in [5.74, 6) is 0.730. The molecule has 0 amide bonds. The lowest BCUT2D eigenvalue weighted by Gasteiger charge is -2.51. The van der Waals surface area contributed by atoms with Gasteiger partial charge in [-0.1, -0.05) is 216 Å². The van der Waals surface area contributed by atoms with E-state index in [-0.39, 0.29) is 55.6 Å². The molecule has 0 spiro atoms. The number of benzene rings is 8. The lowest BCUT2D eigenvalue weighted by atomic mass is 9.33. The van der Waals surface area contributed by atoms with Crippen molar-refractivity contribution in [2.24, 2.45) is 0 Å². The molecule has 0 aromatic heterocycles. The van der Waals surface area contributed by atoms with Crippen molar-refractivity contribution in [3.8, 4) is 22.3 Å². The second-order valence-corrected chi connectivity index (χ2v) is 35.8. The molecule has 8 aliphatic rings. The molecule has 0 N–H and O–H groups in total. The van der Waals surface area contributed by atoms with Crippen LogP contribution in [0.2, 0.25) is 0 Å². The van der Waals surface area contributed by atoms with Crippen molar-refractivity contribution < 1.29 is 0 Å². The van der Waals surface area contributed by atoms with Crippen molar-refractivity contribution in [3.63, 3.8) is 0 Å². The molecule has 1 saturated carbocycles. The van der Waals surface area contributed by atoms with Crippen LogP contribution in [-0.4, -0.2) is 12.3 Å². The Labute approximate surface area is 547 Å². The molecule has 1 fully saturated rings. The summed E-state index contributed by atoms with van der Waals surface area (Å²) in [6.07, 6.45) is 10.5. The van der Waals surface area contributed by atoms with Gasteiger partial charge in [-0.3, -0.25) is 0 Å². The Morgan fingerprint density at radius 2 is 0.879 bits per heavy atom. The molecule has 4 atom stereocenters. The minimum absolute atomic E-state index is 0.00611. The van der Waals surface area contributed by atoms with Gasteiger partial charge in [0.2, 0.25) is 0 Å². The fourth-order valence-electron chi connectivity index (χ4n) is 20.4. The molecule has 466 valence electrons. The zero-order valence-electron chi connectivity index (χ0n) is 58.7. The van der Waals surface area contributed by atoms with Crippen molar-refractivity contribution in [1.82, 2.24) is 0 Å². The SMILES string of the molecule is CC1c2ccccc2-c2ccc(N3c4cc5c(cc4B4c6cc7c(cc6N(c6ccc8c(c6)C(C)(C)CCC8(C)C)c6cc(N8c9ccc(-c%10ccc(C(C)(C)C)cc%10)cc9C9(C)CCCCC89C)cc3c64)C(C)(C)CCC7(C)C)C(C)(C)CC5(C)C)cc2C1C. The van der Waals surface area contributed by atoms with Gasteiger partial charge >= 0.3 is 0 Å². The molecular formula is C87H100BN3. The Kier molecular flexibility index (Phi) is 12.4. The van der Waals surface area contributed by atoms with Gasteiger partial charge < -0.3 is 14.7 Å². The minimum Gasteiger partial charge on any atom is -0.334 e. The Morgan fingerprint density at radius 1 is 0.385 bits per heavy atom. The Balaban J connectivity index is 1.04. The Bertz CT molecular complexity index is 4420. The zero-order chi connectivity index (χ0) is 64.0. The Morgan fingerprint density at radius 3 is 1.49 bits per heavy atom. The largest absolute Gasteiger partial charge is 0.334 e. The molecule has 5 aliphatic carbocycles. The summed E-state index contributed by atoms with van der Waals surface area (Å²) in [6, 6.07) is 58.2. The van der Waals surface area contributed by atoms with E-state index in [4.69, 9.17) is 0 Å². The molecule has 0 saturated heterocycles. The second-order valence-electron chi connectivity index (χ2n) is 35.8. The molecule has 4 heteroatoms. The third-order valence-corrected chi connectivity index (χ3v) is 26.3. The smallest absolute Gasteiger partial charge is 0.252 e. The molecule has 3 nitrogen and oxygen atoms in total. The summed E-state index contributed by atoms with van der Waals surface area (Å²) in [4.78, 5) is 8.54. The van der Waals surface area contributed by atoms with Gasteiger partial charge in [0.05, 0.1) is 5.54 Å². The van der Waals surface area contributed by atoms with Crippen LogP contribution in [-0.2, 0) is 43.3 Å². The summed E-state index contributed by atoms with van der Waals surface area (Å²) < 4.78 is 0. The molecule has 0 radical (unpaired) electrons. The van der Waals surface area contributed by atoms with E-state index in [2.05, 4.69) is 286 Å². The highest BCUT2D eigenvalue weighted by Gasteiger charge is 2.59. The molecule has 0 bridgehead atoms. The van der Waals surface area contributed by atoms with Crippen molar-refractivity contribution in [2.75, 3.05) is 14.7 Å². The Hall–Kier alpha value is -6.78. The van der Waals surface area contributed by atoms with Crippen LogP contribution in [0.15, 0.2) is 140 Å². The summed E-state index contributed by atoms with van der Waals surface area (Å²) in [7, 11) is 0. The van der Waals surface area contributed by atoms with E-state index in [9.17, 15) is 0 Å². The monoisotopic (exact) mass is 1200 g/mol. The van der Waals surface area contributed by atoms with Crippen LogP contribution < -0.4 is 31.1 Å². The third-order valence-electron chi connectivity index (χ3n) is 26.3. The van der Waals surface area contributed by atoms with Gasteiger partial charge in [0.1, 0.15) is 0 Å². The van der Waals surface area contributed by atoms with E-state index in [1.165, 1.54) is 172 Å². The molecule has 3 heterocycles. The predicted molar refractivity (Wildman–Crippen MR) is 391 cm³/mol. The summed E-state index contributed by atoms with van der Waals surface area (Å²) in [5.41, 5.74) is 35.0. The second kappa shape index (κ2) is 19.0. The van der Waals surface area contributed by atoms with Gasteiger partial charge in [0.15, 0.2) is 0 Å². The van der Waals surface area contributed by atoms with E-state index in [0.29, 0.717) is 11.8 Å². The molecule has 3 aliphatic heterocycles. The maximum atomic E-state index is 2.90. The van der Waals surface area contributed by atoms with Crippen molar-refractivity contribution in [1.29, 1.82) is 0 Å². The molecule has 91 heavy (non-hydrogen) atoms. The zero-order valence-corrected chi connectivity index (χ0v) is 58.7. The maximum Gasteiger partial charge on any atom is 0.252 e. The van der Waals surface area contributed by atoms with Crippen LogP contribution >= 0.6 is 0 Å². The highest BCUT2D eigenvalue weighted by atomic mass is 15.3. The van der Waals surface area contributed by atoms with E-state index in [1.807, 2.05) is 0 Å². The molecule has 16 rings (SSSR count). The minimum atomic E-state index is -0.200. The number of hydrogen-bond acceptors (Lipinski definition) is 3. The van der Waals surface area contributed by atoms with Gasteiger partial charge in [0, 0.05) is 50.9 Å². The first-order valence-corrected chi connectivity index (χ1v) is 35.3. The third kappa shape index (κ3) is 8.30. The van der Waals surface area contributed by atoms with Gasteiger partial charge in [-0.2, -0.15) is 0 Å². The van der Waals surface area contributed by atoms with Crippen LogP contribution in [0.4, 0.5) is 45.5 Å². The van der Waals surface area contributed by atoms with Crippen LogP contribution in [0.5, 0.6) is 0 Å². The lowest BCUT2D eigenvalue weighted by Crippen LogP contribution is -2.62. The number of anilines is 8. The van der Waals surface area contributed by atoms with Crippen LogP contribution in [0.1, 0.15) is 257 Å². The fraction of sp³-hybridized carbons (Fsp3) is 0.448. The van der Waals surface area contributed by atoms with Crippen LogP contribution in [0.25, 0.3) is 22.3 Å². The topological polar surface area (TPSA) is 9.72 Å². The van der Waals surface area contributed by atoms with Gasteiger partial charge in [-0.05, 0) is 257 Å². The maximum absolute atomic E-state index is 2.90. The highest BCUT2D eigenvalue weighted by Crippen LogP contribution is 2.64. The lowest BCUT2D eigenvalue weighted by molar-refractivity contribution is 0.195. The normalized spacial score (nSPS) is 25.0. The van der Waals surface area contributed by atoms with E-state index < -0.39 is 0 Å². The molecule has 4 unspecified atom stereocenters. The van der Waals surface area contributed by atoms with Crippen LogP contribution in [0, 0.1) is 0 Å². The average Bonchev–Trinajstić information content (AvgIpc) is 1.60. The first-order valence-electron chi connectivity index (χ1n) is 35.3. The van der Waals surface area contributed by atoms with Crippen molar-refractivity contribution in [3.05, 3.63) is 195 Å². The average molecular weight is 1200 g/mol. The van der Waals surface area contributed by atoms with Crippen LogP contribution in [0.3, 0.4) is 0 Å². The first-order chi connectivity index (χ1) is 42.7. The van der Waals surface area contributed by atoms with Gasteiger partial charge in [-0.25, -0.2) is 0 Å². The van der Waals surface area contributed by atoms with Gasteiger partial charge in [-0.15, -0.1) is 0 Å². The van der Waals surface area contributed by atoms with Crippen molar-refractivity contribution >= 4 is 68.6 Å². The van der Waals surface area contributed by atoms with Crippen molar-refractivity contribution in [2.45, 2.75) is 250 Å². The summed E-state index contributed by atoms with van der Waals surface area (Å²) in [5, 5.41) is 0. The first kappa shape index (κ1) is 59.3. The predicted octanol–water partition coefficient (Wildman–Crippen LogP) is 22.0. The standard InChI is InChI=1S/C87H100BN3/c1-52-53(2)63-43-57(31-33-62(63)61-25-21-20-24-60(52)61)89-75-50-69-67(84(14,15)51-85(69,16)17)48-72(75)88-71-47-66-68(83(12,13)41-40-82(66,10)11)49-74(71)90(58-32-34-64-65(44-58)81(8,9)39-38-80(64,6)7)77-46-59(45-76(89)78(77)88)91-73-35-28-55(54-26-29-56(30-27-54)79(3,4)5)42-70(73)86(18)36-22-23-37-87(86,91)19/h20-21,24-35,42-50,52-53H,22-23,36-41,51H2,1-19H3. The van der Waals surface area contributed by atoms with E-state index in [0.717, 1.165) is 25.7 Å². The van der Waals surface area contributed by atoms with Gasteiger partial charge in [0.25, 0.3) is 6.71 Å². The molecule has 8 aromatic carbocycles. The number of rotatable bonds is 4. The fourth-order valence-corrected chi connectivity index (χ4v) is 20.4. The van der Waals surface area contributed by atoms with E-state index >= 15 is 0 Å². The number of hydrogen-bond donors (Lipinski definition) is 0. The highest BCUT2D eigenvalue weighted by molar-refractivity contribution is 7.00. The molecular weight excluding hydrogens is 1100 g/mol. The quantitative estimate of drug-likeness (QED) is 0.163. The molecule has 8 aromatic rings. The number of nitrogens with zero attached hydrogens (tertiary/aromatic N) is 3.